The number of hydrogen-bond donors (Lipinski definition) is 2. The van der Waals surface area contributed by atoms with Crippen molar-refractivity contribution < 1.29 is 24.2 Å². The second-order valence-electron chi connectivity index (χ2n) is 6.94. The van der Waals surface area contributed by atoms with Gasteiger partial charge in [0.25, 0.3) is 11.8 Å². The number of amides is 2. The van der Waals surface area contributed by atoms with Gasteiger partial charge in [-0.1, -0.05) is 24.3 Å². The molecule has 3 rings (SSSR count). The number of carboxylic acid groups (broad SMARTS) is 1. The molecule has 0 aromatic heterocycles. The summed E-state index contributed by atoms with van der Waals surface area (Å²) in [5.74, 6) is -2.09. The summed E-state index contributed by atoms with van der Waals surface area (Å²) < 4.78 is 5.46. The average Bonchev–Trinajstić information content (AvgIpc) is 2.65. The molecule has 2 aromatic carbocycles. The van der Waals surface area contributed by atoms with E-state index in [1.54, 1.807) is 36.4 Å². The van der Waals surface area contributed by atoms with Gasteiger partial charge in [0.2, 0.25) is 0 Å². The molecule has 154 valence electrons. The summed E-state index contributed by atoms with van der Waals surface area (Å²) in [4.78, 5) is 38.1. The van der Waals surface area contributed by atoms with Crippen LogP contribution in [-0.4, -0.2) is 34.1 Å². The Morgan fingerprint density at radius 3 is 2.43 bits per heavy atom. The molecule has 0 radical (unpaired) electrons. The van der Waals surface area contributed by atoms with Gasteiger partial charge in [-0.15, -0.1) is 0 Å². The fraction of sp³-hybridized carbons (Fsp3) is 0.182. The highest BCUT2D eigenvalue weighted by Crippen LogP contribution is 2.27. The molecule has 1 fully saturated rings. The number of carbonyl (C=O) groups excluding carboxylic acids is 2. The van der Waals surface area contributed by atoms with Gasteiger partial charge in [-0.25, -0.2) is 4.79 Å². The maximum absolute atomic E-state index is 13.2. The minimum Gasteiger partial charge on any atom is -0.479 e. The molecule has 0 bridgehead atoms. The molecule has 2 N–H and O–H groups in total. The highest BCUT2D eigenvalue weighted by molar-refractivity contribution is 7.80. The Morgan fingerprint density at radius 2 is 1.80 bits per heavy atom. The Hall–Kier alpha value is -3.52. The number of carbonyl (C=O) groups is 3. The average molecular weight is 424 g/mol. The largest absolute Gasteiger partial charge is 0.479 e. The Labute approximate surface area is 179 Å². The van der Waals surface area contributed by atoms with Crippen LogP contribution in [0.4, 0.5) is 5.69 Å². The van der Waals surface area contributed by atoms with Gasteiger partial charge in [0.15, 0.2) is 11.2 Å². The van der Waals surface area contributed by atoms with Crippen LogP contribution < -0.4 is 15.0 Å². The number of anilines is 1. The molecule has 30 heavy (non-hydrogen) atoms. The number of nitrogens with one attached hydrogen (secondary N) is 1. The number of ether oxygens (including phenoxy) is 1. The SMILES string of the molecule is Cc1cc(C)cc(N2C(=O)/C(=C/c3ccccc3O[C@@H](C)C(=O)O)C(=O)NC2=S)c1. The van der Waals surface area contributed by atoms with E-state index in [-0.39, 0.29) is 16.4 Å². The number of hydrogen-bond acceptors (Lipinski definition) is 5. The molecule has 8 heteroatoms. The molecule has 7 nitrogen and oxygen atoms in total. The first-order chi connectivity index (χ1) is 14.2. The minimum atomic E-state index is -1.13. The number of carboxylic acids is 1. The number of aryl methyl sites for hydroxylation is 2. The lowest BCUT2D eigenvalue weighted by atomic mass is 10.0. The Balaban J connectivity index is 2.02. The van der Waals surface area contributed by atoms with Crippen molar-refractivity contribution in [1.29, 1.82) is 0 Å². The summed E-state index contributed by atoms with van der Waals surface area (Å²) in [6.07, 6.45) is 0.277. The second-order valence-corrected chi connectivity index (χ2v) is 7.33. The molecule has 0 aliphatic carbocycles. The Bertz CT molecular complexity index is 1070. The first kappa shape index (κ1) is 21.2. The maximum Gasteiger partial charge on any atom is 0.344 e. The van der Waals surface area contributed by atoms with Crippen LogP contribution in [-0.2, 0) is 14.4 Å². The van der Waals surface area contributed by atoms with Crippen molar-refractivity contribution in [2.24, 2.45) is 0 Å². The highest BCUT2D eigenvalue weighted by Gasteiger charge is 2.34. The van der Waals surface area contributed by atoms with E-state index in [4.69, 9.17) is 22.1 Å². The van der Waals surface area contributed by atoms with Gasteiger partial charge in [0, 0.05) is 5.56 Å². The lowest BCUT2D eigenvalue weighted by Gasteiger charge is -2.29. The maximum atomic E-state index is 13.2. The monoisotopic (exact) mass is 424 g/mol. The smallest absolute Gasteiger partial charge is 0.344 e. The molecule has 0 spiro atoms. The predicted molar refractivity (Wildman–Crippen MR) is 116 cm³/mol. The van der Waals surface area contributed by atoms with Crippen molar-refractivity contribution in [1.82, 2.24) is 5.32 Å². The number of benzene rings is 2. The zero-order valence-electron chi connectivity index (χ0n) is 16.6. The number of rotatable bonds is 5. The van der Waals surface area contributed by atoms with Crippen LogP contribution in [0.5, 0.6) is 5.75 Å². The van der Waals surface area contributed by atoms with Gasteiger partial charge in [0.1, 0.15) is 11.3 Å². The first-order valence-corrected chi connectivity index (χ1v) is 9.56. The van der Waals surface area contributed by atoms with E-state index in [9.17, 15) is 14.4 Å². The Morgan fingerprint density at radius 1 is 1.17 bits per heavy atom. The standard InChI is InChI=1S/C22H20N2O5S/c1-12-8-13(2)10-16(9-12)24-20(26)17(19(25)23-22(24)30)11-15-6-4-5-7-18(15)29-14(3)21(27)28/h4-11,14H,1-3H3,(H,27,28)(H,23,25,30)/b17-11+/t14-/m0/s1. The summed E-state index contributed by atoms with van der Waals surface area (Å²) in [6.45, 7) is 5.20. The van der Waals surface area contributed by atoms with E-state index in [0.29, 0.717) is 11.3 Å². The van der Waals surface area contributed by atoms with Crippen LogP contribution >= 0.6 is 12.2 Å². The van der Waals surface area contributed by atoms with Gasteiger partial charge in [0.05, 0.1) is 5.69 Å². The molecule has 1 aliphatic heterocycles. The molecular weight excluding hydrogens is 404 g/mol. The topological polar surface area (TPSA) is 95.9 Å². The van der Waals surface area contributed by atoms with Crippen molar-refractivity contribution in [3.8, 4) is 5.75 Å². The zero-order valence-corrected chi connectivity index (χ0v) is 17.4. The van der Waals surface area contributed by atoms with E-state index in [2.05, 4.69) is 5.32 Å². The second kappa shape index (κ2) is 8.46. The molecule has 0 saturated carbocycles. The summed E-state index contributed by atoms with van der Waals surface area (Å²) in [5, 5.41) is 11.6. The van der Waals surface area contributed by atoms with Crippen LogP contribution in [0.15, 0.2) is 48.0 Å². The van der Waals surface area contributed by atoms with Crippen LogP contribution in [0.2, 0.25) is 0 Å². The lowest BCUT2D eigenvalue weighted by molar-refractivity contribution is -0.144. The third-order valence-electron chi connectivity index (χ3n) is 4.44. The van der Waals surface area contributed by atoms with Gasteiger partial charge in [-0.2, -0.15) is 0 Å². The molecular formula is C22H20N2O5S. The zero-order chi connectivity index (χ0) is 22.0. The molecule has 0 unspecified atom stereocenters. The first-order valence-electron chi connectivity index (χ1n) is 9.15. The predicted octanol–water partition coefficient (Wildman–Crippen LogP) is 2.99. The minimum absolute atomic E-state index is 0.00353. The molecule has 2 amide bonds. The summed E-state index contributed by atoms with van der Waals surface area (Å²) in [6, 6.07) is 12.1. The summed E-state index contributed by atoms with van der Waals surface area (Å²) in [7, 11) is 0. The number of nitrogens with zero attached hydrogens (tertiary/aromatic N) is 1. The molecule has 1 saturated heterocycles. The Kier molecular flexibility index (Phi) is 5.98. The van der Waals surface area contributed by atoms with Gasteiger partial charge >= 0.3 is 5.97 Å². The van der Waals surface area contributed by atoms with E-state index < -0.39 is 23.9 Å². The van der Waals surface area contributed by atoms with E-state index in [1.807, 2.05) is 19.9 Å². The van der Waals surface area contributed by atoms with Crippen LogP contribution in [0.25, 0.3) is 6.08 Å². The number of aliphatic carboxylic acids is 1. The van der Waals surface area contributed by atoms with Crippen molar-refractivity contribution in [3.05, 3.63) is 64.7 Å². The van der Waals surface area contributed by atoms with Gasteiger partial charge in [-0.05, 0) is 68.4 Å². The summed E-state index contributed by atoms with van der Waals surface area (Å²) in [5.41, 5.74) is 2.71. The van der Waals surface area contributed by atoms with Crippen molar-refractivity contribution in [2.45, 2.75) is 26.9 Å². The van der Waals surface area contributed by atoms with Gasteiger partial charge < -0.3 is 9.84 Å². The highest BCUT2D eigenvalue weighted by atomic mass is 32.1. The van der Waals surface area contributed by atoms with Crippen LogP contribution in [0, 0.1) is 13.8 Å². The van der Waals surface area contributed by atoms with E-state index in [1.165, 1.54) is 17.9 Å². The molecule has 1 heterocycles. The van der Waals surface area contributed by atoms with E-state index in [0.717, 1.165) is 11.1 Å². The third-order valence-corrected chi connectivity index (χ3v) is 4.72. The van der Waals surface area contributed by atoms with Crippen molar-refractivity contribution >= 4 is 46.9 Å². The fourth-order valence-corrected chi connectivity index (χ4v) is 3.36. The summed E-state index contributed by atoms with van der Waals surface area (Å²) >= 11 is 5.23. The molecule has 2 aromatic rings. The number of para-hydroxylation sites is 1. The van der Waals surface area contributed by atoms with Crippen molar-refractivity contribution in [2.75, 3.05) is 4.90 Å². The quantitative estimate of drug-likeness (QED) is 0.435. The third kappa shape index (κ3) is 4.38. The van der Waals surface area contributed by atoms with Crippen LogP contribution in [0.3, 0.4) is 0 Å². The molecule has 1 atom stereocenters. The molecule has 1 aliphatic rings. The lowest BCUT2D eigenvalue weighted by Crippen LogP contribution is -2.54. The fourth-order valence-electron chi connectivity index (χ4n) is 3.08. The van der Waals surface area contributed by atoms with E-state index >= 15 is 0 Å². The normalized spacial score (nSPS) is 16.4. The number of thiocarbonyl (C=S) groups is 1. The van der Waals surface area contributed by atoms with Crippen LogP contribution in [0.1, 0.15) is 23.6 Å². The van der Waals surface area contributed by atoms with Crippen molar-refractivity contribution in [3.63, 3.8) is 0 Å². The van der Waals surface area contributed by atoms with Gasteiger partial charge in [-0.3, -0.25) is 19.8 Å².